The molecule has 7 aromatic carbocycles. The molecule has 9 aromatic rings. The quantitative estimate of drug-likeness (QED) is 0.195. The molecule has 0 bridgehead atoms. The van der Waals surface area contributed by atoms with Crippen molar-refractivity contribution >= 4 is 60.5 Å². The average Bonchev–Trinajstić information content (AvgIpc) is 3.66. The summed E-state index contributed by atoms with van der Waals surface area (Å²) in [5.74, 6) is 0. The summed E-state index contributed by atoms with van der Waals surface area (Å²) in [4.78, 5) is 2.31. The van der Waals surface area contributed by atoms with E-state index in [1.807, 2.05) is 0 Å². The van der Waals surface area contributed by atoms with Gasteiger partial charge in [-0.25, -0.2) is 0 Å². The number of para-hydroxylation sites is 3. The Morgan fingerprint density at radius 3 is 1.74 bits per heavy atom. The molecule has 9 rings (SSSR count). The molecule has 0 unspecified atom stereocenters. The maximum absolute atomic E-state index is 2.46. The van der Waals surface area contributed by atoms with Crippen molar-refractivity contribution in [2.45, 2.75) is 0 Å². The molecular weight excluding hydrogens is 522 g/mol. The van der Waals surface area contributed by atoms with Crippen molar-refractivity contribution in [3.8, 4) is 11.4 Å². The van der Waals surface area contributed by atoms with E-state index in [1.54, 1.807) is 0 Å². The van der Waals surface area contributed by atoms with Crippen molar-refractivity contribution in [1.82, 2.24) is 9.13 Å². The highest BCUT2D eigenvalue weighted by Crippen LogP contribution is 2.43. The highest BCUT2D eigenvalue weighted by Gasteiger charge is 2.21. The minimum atomic E-state index is 1.12. The fourth-order valence-electron chi connectivity index (χ4n) is 6.80. The van der Waals surface area contributed by atoms with Gasteiger partial charge in [-0.15, -0.1) is 0 Å². The highest BCUT2D eigenvalue weighted by atomic mass is 15.1. The molecule has 0 fully saturated rings. The van der Waals surface area contributed by atoms with E-state index >= 15 is 0 Å². The van der Waals surface area contributed by atoms with Crippen LogP contribution < -0.4 is 4.90 Å². The Labute approximate surface area is 249 Å². The summed E-state index contributed by atoms with van der Waals surface area (Å²) in [5.41, 5.74) is 9.39. The van der Waals surface area contributed by atoms with E-state index in [9.17, 15) is 0 Å². The van der Waals surface area contributed by atoms with Gasteiger partial charge in [-0.05, 0) is 89.6 Å². The molecule has 202 valence electrons. The van der Waals surface area contributed by atoms with Crippen molar-refractivity contribution in [3.05, 3.63) is 164 Å². The predicted molar refractivity (Wildman–Crippen MR) is 181 cm³/mol. The van der Waals surface area contributed by atoms with Gasteiger partial charge in [0.1, 0.15) is 0 Å². The first-order valence-corrected chi connectivity index (χ1v) is 14.7. The minimum Gasteiger partial charge on any atom is -0.316 e. The zero-order chi connectivity index (χ0) is 28.3. The van der Waals surface area contributed by atoms with Crippen LogP contribution in [0.3, 0.4) is 0 Å². The average molecular weight is 550 g/mol. The number of hydrogen-bond acceptors (Lipinski definition) is 1. The molecule has 3 nitrogen and oxygen atoms in total. The van der Waals surface area contributed by atoms with Crippen molar-refractivity contribution in [2.75, 3.05) is 4.90 Å². The smallest absolute Gasteiger partial charge is 0.0641 e. The van der Waals surface area contributed by atoms with Crippen LogP contribution in [0.1, 0.15) is 0 Å². The summed E-state index contributed by atoms with van der Waals surface area (Å²) < 4.78 is 4.76. The third-order valence-corrected chi connectivity index (χ3v) is 8.66. The Morgan fingerprint density at radius 2 is 1.05 bits per heavy atom. The molecule has 43 heavy (non-hydrogen) atoms. The second-order valence-corrected chi connectivity index (χ2v) is 11.1. The number of fused-ring (bicyclic) bond motifs is 2. The summed E-state index contributed by atoms with van der Waals surface area (Å²) >= 11 is 0. The van der Waals surface area contributed by atoms with Crippen molar-refractivity contribution in [3.63, 3.8) is 0 Å². The number of nitrogens with zero attached hydrogens (tertiary/aromatic N) is 3. The van der Waals surface area contributed by atoms with E-state index < -0.39 is 0 Å². The first-order chi connectivity index (χ1) is 21.3. The van der Waals surface area contributed by atoms with E-state index in [1.165, 1.54) is 49.2 Å². The molecule has 0 spiro atoms. The van der Waals surface area contributed by atoms with E-state index in [-0.39, 0.29) is 0 Å². The summed E-state index contributed by atoms with van der Waals surface area (Å²) in [6, 6.07) is 56.6. The van der Waals surface area contributed by atoms with Crippen LogP contribution in [0.2, 0.25) is 0 Å². The van der Waals surface area contributed by atoms with E-state index in [2.05, 4.69) is 178 Å². The molecule has 3 heteroatoms. The Balaban J connectivity index is 1.29. The molecule has 0 aliphatic rings. The van der Waals surface area contributed by atoms with Gasteiger partial charge in [0, 0.05) is 50.8 Å². The van der Waals surface area contributed by atoms with Gasteiger partial charge >= 0.3 is 0 Å². The maximum Gasteiger partial charge on any atom is 0.0641 e. The SMILES string of the molecule is c1ccc(N(c2ccccc2)c2ccc(-n3c4cccc5ccc6cc7c(ccn7-c7ccccc7)c3c6c54)cc2)cc1. The van der Waals surface area contributed by atoms with Gasteiger partial charge in [-0.2, -0.15) is 0 Å². The van der Waals surface area contributed by atoms with Crippen molar-refractivity contribution in [2.24, 2.45) is 0 Å². The predicted octanol–water partition coefficient (Wildman–Crippen LogP) is 10.8. The van der Waals surface area contributed by atoms with Gasteiger partial charge in [0.2, 0.25) is 0 Å². The lowest BCUT2D eigenvalue weighted by molar-refractivity contribution is 1.13. The zero-order valence-corrected chi connectivity index (χ0v) is 23.4. The fourth-order valence-corrected chi connectivity index (χ4v) is 6.80. The van der Waals surface area contributed by atoms with Gasteiger partial charge < -0.3 is 14.0 Å². The lowest BCUT2D eigenvalue weighted by Crippen LogP contribution is -2.09. The Hall–Kier alpha value is -5.80. The normalized spacial score (nSPS) is 11.7. The third-order valence-electron chi connectivity index (χ3n) is 8.66. The second kappa shape index (κ2) is 9.37. The number of anilines is 3. The standard InChI is InChI=1S/C40H27N3/c1-4-12-30(13-5-1)41-26-25-35-37(41)27-29-20-19-28-11-10-18-36-38(28)39(29)40(35)43(36)34-23-21-33(22-24-34)42(31-14-6-2-7-15-31)32-16-8-3-9-17-32/h1-27H. The van der Waals surface area contributed by atoms with Crippen LogP contribution in [-0.2, 0) is 0 Å². The monoisotopic (exact) mass is 549 g/mol. The molecule has 0 atom stereocenters. The second-order valence-electron chi connectivity index (χ2n) is 11.1. The van der Waals surface area contributed by atoms with Crippen molar-refractivity contribution < 1.29 is 0 Å². The number of rotatable bonds is 5. The fraction of sp³-hybridized carbons (Fsp3) is 0. The van der Waals surface area contributed by atoms with Gasteiger partial charge in [0.25, 0.3) is 0 Å². The van der Waals surface area contributed by atoms with E-state index in [0.717, 1.165) is 22.7 Å². The number of hydrogen-bond donors (Lipinski definition) is 0. The summed E-state index contributed by atoms with van der Waals surface area (Å²) in [5, 5.41) is 6.43. The van der Waals surface area contributed by atoms with Crippen LogP contribution >= 0.6 is 0 Å². The third kappa shape index (κ3) is 3.62. The zero-order valence-electron chi connectivity index (χ0n) is 23.4. The Morgan fingerprint density at radius 1 is 0.419 bits per heavy atom. The molecule has 0 aliphatic heterocycles. The highest BCUT2D eigenvalue weighted by molar-refractivity contribution is 6.30. The van der Waals surface area contributed by atoms with Crippen molar-refractivity contribution in [1.29, 1.82) is 0 Å². The minimum absolute atomic E-state index is 1.12. The largest absolute Gasteiger partial charge is 0.316 e. The molecule has 0 radical (unpaired) electrons. The molecule has 2 heterocycles. The summed E-state index contributed by atoms with van der Waals surface area (Å²) in [6.45, 7) is 0. The van der Waals surface area contributed by atoms with E-state index in [4.69, 9.17) is 0 Å². The molecule has 0 aliphatic carbocycles. The molecule has 0 N–H and O–H groups in total. The van der Waals surface area contributed by atoms with E-state index in [0.29, 0.717) is 0 Å². The maximum atomic E-state index is 2.46. The molecule has 0 saturated carbocycles. The lowest BCUT2D eigenvalue weighted by Gasteiger charge is -2.25. The number of aromatic nitrogens is 2. The van der Waals surface area contributed by atoms with Gasteiger partial charge in [0.05, 0.1) is 16.6 Å². The number of benzene rings is 7. The van der Waals surface area contributed by atoms with Gasteiger partial charge in [-0.3, -0.25) is 0 Å². The molecule has 2 aromatic heterocycles. The Kier molecular flexibility index (Phi) is 5.20. The first-order valence-electron chi connectivity index (χ1n) is 14.7. The van der Waals surface area contributed by atoms with Crippen LogP contribution in [0.4, 0.5) is 17.1 Å². The molecular formula is C40H27N3. The van der Waals surface area contributed by atoms with Crippen LogP contribution in [0.25, 0.3) is 54.9 Å². The first kappa shape index (κ1) is 23.9. The van der Waals surface area contributed by atoms with Crippen LogP contribution in [0.5, 0.6) is 0 Å². The van der Waals surface area contributed by atoms with Crippen LogP contribution in [-0.4, -0.2) is 9.13 Å². The van der Waals surface area contributed by atoms with Crippen LogP contribution in [0.15, 0.2) is 164 Å². The summed E-state index contributed by atoms with van der Waals surface area (Å²) in [6.07, 6.45) is 2.20. The van der Waals surface area contributed by atoms with Gasteiger partial charge in [-0.1, -0.05) is 78.9 Å². The summed E-state index contributed by atoms with van der Waals surface area (Å²) in [7, 11) is 0. The van der Waals surface area contributed by atoms with Gasteiger partial charge in [0.15, 0.2) is 0 Å². The topological polar surface area (TPSA) is 13.1 Å². The lowest BCUT2D eigenvalue weighted by atomic mass is 10.0. The molecule has 0 saturated heterocycles. The Bertz CT molecular complexity index is 2330. The molecule has 0 amide bonds. The van der Waals surface area contributed by atoms with Crippen LogP contribution in [0, 0.1) is 0 Å².